The van der Waals surface area contributed by atoms with Crippen molar-refractivity contribution in [2.45, 2.75) is 19.3 Å². The molecule has 21 heavy (non-hydrogen) atoms. The number of rotatable bonds is 7. The van der Waals surface area contributed by atoms with Gasteiger partial charge in [0.1, 0.15) is 17.0 Å². The summed E-state index contributed by atoms with van der Waals surface area (Å²) in [5.74, 6) is 1.04. The maximum atomic E-state index is 5.24. The number of aryl methyl sites for hydroxylation is 2. The average molecular weight is 307 g/mol. The summed E-state index contributed by atoms with van der Waals surface area (Å²) < 4.78 is 10.5. The van der Waals surface area contributed by atoms with Gasteiger partial charge in [-0.3, -0.25) is 0 Å². The summed E-state index contributed by atoms with van der Waals surface area (Å²) >= 11 is 1.83. The predicted octanol–water partition coefficient (Wildman–Crippen LogP) is 2.28. The fourth-order valence-electron chi connectivity index (χ4n) is 2.88. The molecule has 0 spiro atoms. The number of thiophene rings is 1. The molecule has 2 aromatic heterocycles. The normalized spacial score (nSPS) is 13.8. The highest BCUT2D eigenvalue weighted by atomic mass is 32.1. The minimum Gasteiger partial charge on any atom is -0.383 e. The Morgan fingerprint density at radius 3 is 2.62 bits per heavy atom. The van der Waals surface area contributed by atoms with E-state index < -0.39 is 0 Å². The molecule has 0 atom stereocenters. The van der Waals surface area contributed by atoms with Gasteiger partial charge in [0.15, 0.2) is 0 Å². The van der Waals surface area contributed by atoms with Crippen LogP contribution in [0.2, 0.25) is 0 Å². The Hall–Kier alpha value is -1.24. The van der Waals surface area contributed by atoms with Gasteiger partial charge in [0, 0.05) is 32.2 Å². The Morgan fingerprint density at radius 1 is 1.14 bits per heavy atom. The zero-order valence-electron chi connectivity index (χ0n) is 12.6. The molecule has 0 amide bonds. The number of anilines is 1. The van der Waals surface area contributed by atoms with Crippen molar-refractivity contribution in [3.63, 3.8) is 0 Å². The van der Waals surface area contributed by atoms with Gasteiger partial charge in [-0.1, -0.05) is 0 Å². The van der Waals surface area contributed by atoms with E-state index in [-0.39, 0.29) is 0 Å². The number of aromatic nitrogens is 2. The third-order valence-corrected chi connectivity index (χ3v) is 5.11. The second kappa shape index (κ2) is 6.68. The highest BCUT2D eigenvalue weighted by molar-refractivity contribution is 7.19. The summed E-state index contributed by atoms with van der Waals surface area (Å²) in [6.07, 6.45) is 5.27. The van der Waals surface area contributed by atoms with Crippen LogP contribution in [-0.4, -0.2) is 50.5 Å². The van der Waals surface area contributed by atoms with E-state index >= 15 is 0 Å². The van der Waals surface area contributed by atoms with Crippen molar-refractivity contribution in [3.05, 3.63) is 16.8 Å². The first-order valence-corrected chi connectivity index (χ1v) is 8.15. The van der Waals surface area contributed by atoms with Crippen LogP contribution >= 0.6 is 11.3 Å². The molecule has 6 heteroatoms. The van der Waals surface area contributed by atoms with Crippen LogP contribution in [0.5, 0.6) is 0 Å². The minimum atomic E-state index is 0.682. The molecule has 0 radical (unpaired) electrons. The summed E-state index contributed by atoms with van der Waals surface area (Å²) in [5.41, 5.74) is 1.46. The van der Waals surface area contributed by atoms with Crippen molar-refractivity contribution in [1.29, 1.82) is 0 Å². The smallest absolute Gasteiger partial charge is 0.141 e. The lowest BCUT2D eigenvalue weighted by Crippen LogP contribution is -2.31. The van der Waals surface area contributed by atoms with E-state index in [0.717, 1.165) is 30.2 Å². The molecule has 0 N–H and O–H groups in total. The Morgan fingerprint density at radius 2 is 1.90 bits per heavy atom. The molecule has 0 aliphatic heterocycles. The van der Waals surface area contributed by atoms with Gasteiger partial charge in [-0.2, -0.15) is 0 Å². The third-order valence-electron chi connectivity index (χ3n) is 3.91. The van der Waals surface area contributed by atoms with Gasteiger partial charge in [-0.25, -0.2) is 9.97 Å². The van der Waals surface area contributed by atoms with Crippen molar-refractivity contribution < 1.29 is 9.47 Å². The van der Waals surface area contributed by atoms with Crippen LogP contribution in [0.4, 0.5) is 5.82 Å². The molecule has 5 nitrogen and oxygen atoms in total. The van der Waals surface area contributed by atoms with E-state index in [1.807, 2.05) is 11.3 Å². The van der Waals surface area contributed by atoms with Gasteiger partial charge in [0.2, 0.25) is 0 Å². The van der Waals surface area contributed by atoms with Gasteiger partial charge >= 0.3 is 0 Å². The summed E-state index contributed by atoms with van der Waals surface area (Å²) in [7, 11) is 3.46. The van der Waals surface area contributed by atoms with E-state index in [2.05, 4.69) is 14.9 Å². The average Bonchev–Trinajstić information content (AvgIpc) is 3.07. The highest BCUT2D eigenvalue weighted by Gasteiger charge is 2.23. The van der Waals surface area contributed by atoms with Gasteiger partial charge in [0.05, 0.1) is 18.6 Å². The van der Waals surface area contributed by atoms with Gasteiger partial charge in [0.25, 0.3) is 0 Å². The largest absolute Gasteiger partial charge is 0.383 e. The van der Waals surface area contributed by atoms with Crippen molar-refractivity contribution >= 4 is 27.4 Å². The third kappa shape index (κ3) is 2.88. The molecule has 0 saturated heterocycles. The standard InChI is InChI=1S/C15H21N3O2S/c1-19-8-6-18(7-9-20-2)14-13-11-4-3-5-12(11)21-15(13)17-10-16-14/h10H,3-9H2,1-2H3. The van der Waals surface area contributed by atoms with Crippen LogP contribution in [-0.2, 0) is 22.3 Å². The molecular formula is C15H21N3O2S. The van der Waals surface area contributed by atoms with Crippen molar-refractivity contribution in [2.24, 2.45) is 0 Å². The molecule has 1 aliphatic carbocycles. The first-order chi connectivity index (χ1) is 10.3. The quantitative estimate of drug-likeness (QED) is 0.785. The number of methoxy groups -OCH3 is 2. The Bertz CT molecular complexity index is 606. The lowest BCUT2D eigenvalue weighted by Gasteiger charge is -2.24. The van der Waals surface area contributed by atoms with Crippen LogP contribution in [0.15, 0.2) is 6.33 Å². The minimum absolute atomic E-state index is 0.682. The van der Waals surface area contributed by atoms with Crippen molar-refractivity contribution in [2.75, 3.05) is 45.4 Å². The van der Waals surface area contributed by atoms with Crippen LogP contribution in [0.25, 0.3) is 10.2 Å². The van der Waals surface area contributed by atoms with Crippen LogP contribution in [0, 0.1) is 0 Å². The van der Waals surface area contributed by atoms with Crippen LogP contribution in [0.1, 0.15) is 16.9 Å². The molecule has 3 rings (SSSR count). The number of ether oxygens (including phenoxy) is 2. The molecule has 0 saturated carbocycles. The summed E-state index contributed by atoms with van der Waals surface area (Å²) in [6.45, 7) is 3.00. The molecule has 2 aromatic rings. The molecule has 114 valence electrons. The van der Waals surface area contributed by atoms with Gasteiger partial charge in [-0.05, 0) is 24.8 Å². The van der Waals surface area contributed by atoms with E-state index in [0.29, 0.717) is 13.2 Å². The highest BCUT2D eigenvalue weighted by Crippen LogP contribution is 2.39. The monoisotopic (exact) mass is 307 g/mol. The Labute approximate surface area is 128 Å². The topological polar surface area (TPSA) is 47.5 Å². The molecule has 1 aliphatic rings. The fraction of sp³-hybridized carbons (Fsp3) is 0.600. The fourth-order valence-corrected chi connectivity index (χ4v) is 4.10. The summed E-state index contributed by atoms with van der Waals surface area (Å²) in [6, 6.07) is 0. The number of fused-ring (bicyclic) bond motifs is 3. The van der Waals surface area contributed by atoms with E-state index in [4.69, 9.17) is 9.47 Å². The molecule has 0 unspecified atom stereocenters. The number of nitrogens with zero attached hydrogens (tertiary/aromatic N) is 3. The SMILES string of the molecule is COCCN(CCOC)c1ncnc2sc3c(c12)CCC3. The van der Waals surface area contributed by atoms with Crippen LogP contribution < -0.4 is 4.90 Å². The Kier molecular flexibility index (Phi) is 4.67. The second-order valence-corrected chi connectivity index (χ2v) is 6.29. The number of hydrogen-bond donors (Lipinski definition) is 0. The molecule has 0 fully saturated rings. The molecule has 0 bridgehead atoms. The maximum Gasteiger partial charge on any atom is 0.141 e. The summed E-state index contributed by atoms with van der Waals surface area (Å²) in [5, 5.41) is 1.25. The van der Waals surface area contributed by atoms with Gasteiger partial charge < -0.3 is 14.4 Å². The number of hydrogen-bond acceptors (Lipinski definition) is 6. The molecule has 0 aromatic carbocycles. The Balaban J connectivity index is 1.99. The second-order valence-electron chi connectivity index (χ2n) is 5.21. The first-order valence-electron chi connectivity index (χ1n) is 7.33. The zero-order chi connectivity index (χ0) is 14.7. The van der Waals surface area contributed by atoms with Gasteiger partial charge in [-0.15, -0.1) is 11.3 Å². The summed E-state index contributed by atoms with van der Waals surface area (Å²) in [4.78, 5) is 13.9. The van der Waals surface area contributed by atoms with E-state index in [1.165, 1.54) is 28.7 Å². The zero-order valence-corrected chi connectivity index (χ0v) is 13.4. The van der Waals surface area contributed by atoms with E-state index in [9.17, 15) is 0 Å². The first kappa shape index (κ1) is 14.7. The molecular weight excluding hydrogens is 286 g/mol. The predicted molar refractivity (Wildman–Crippen MR) is 85.4 cm³/mol. The van der Waals surface area contributed by atoms with Crippen molar-refractivity contribution in [1.82, 2.24) is 9.97 Å². The lowest BCUT2D eigenvalue weighted by atomic mass is 10.2. The maximum absolute atomic E-state index is 5.24. The van der Waals surface area contributed by atoms with E-state index in [1.54, 1.807) is 20.5 Å². The van der Waals surface area contributed by atoms with Crippen molar-refractivity contribution in [3.8, 4) is 0 Å². The lowest BCUT2D eigenvalue weighted by molar-refractivity contribution is 0.190. The molecule has 2 heterocycles. The van der Waals surface area contributed by atoms with Crippen LogP contribution in [0.3, 0.4) is 0 Å².